The first-order chi connectivity index (χ1) is 13.9. The lowest BCUT2D eigenvalue weighted by atomic mass is 9.98. The third kappa shape index (κ3) is 3.54. The van der Waals surface area contributed by atoms with Crippen molar-refractivity contribution in [3.8, 4) is 0 Å². The van der Waals surface area contributed by atoms with Gasteiger partial charge in [0, 0.05) is 41.3 Å². The molecule has 0 fully saturated rings. The number of aromatic amines is 1. The standard InChI is InChI=1S/C23H24N2O3S/c1-3-17-5-4-6-21-22(15-24-23(17)21)19-11-13-25(14-12-19)29(27,28)20-9-7-18(8-10-20)16(2)26/h4-11,15,24H,3,12-14H2,1-2H3. The smallest absolute Gasteiger partial charge is 0.243 e. The lowest BCUT2D eigenvalue weighted by Crippen LogP contribution is -2.34. The van der Waals surface area contributed by atoms with Gasteiger partial charge in [0.1, 0.15) is 0 Å². The van der Waals surface area contributed by atoms with Gasteiger partial charge in [0.05, 0.1) is 4.90 Å². The molecule has 0 bridgehead atoms. The summed E-state index contributed by atoms with van der Waals surface area (Å²) in [6.07, 6.45) is 5.66. The van der Waals surface area contributed by atoms with E-state index in [1.165, 1.54) is 39.9 Å². The SMILES string of the molecule is CCc1cccc2c(C3=CCN(S(=O)(=O)c4ccc(C(C)=O)cc4)CC3)c[nH]c12. The Morgan fingerprint density at radius 3 is 2.52 bits per heavy atom. The average molecular weight is 409 g/mol. The number of hydrogen-bond donors (Lipinski definition) is 1. The van der Waals surface area contributed by atoms with Crippen molar-refractivity contribution in [3.63, 3.8) is 0 Å². The first-order valence-corrected chi connectivity index (χ1v) is 11.3. The minimum atomic E-state index is -3.58. The Morgan fingerprint density at radius 2 is 1.90 bits per heavy atom. The Balaban J connectivity index is 1.59. The number of para-hydroxylation sites is 1. The number of aryl methyl sites for hydroxylation is 1. The van der Waals surface area contributed by atoms with Crippen LogP contribution < -0.4 is 0 Å². The van der Waals surface area contributed by atoms with Gasteiger partial charge in [-0.3, -0.25) is 4.79 Å². The summed E-state index contributed by atoms with van der Waals surface area (Å²) >= 11 is 0. The molecule has 0 radical (unpaired) electrons. The Labute approximate surface area is 171 Å². The molecule has 0 amide bonds. The molecular formula is C23H24N2O3S. The molecule has 0 atom stereocenters. The number of H-pyrrole nitrogens is 1. The number of rotatable bonds is 5. The van der Waals surface area contributed by atoms with Crippen LogP contribution in [0.15, 0.2) is 59.6 Å². The predicted molar refractivity (Wildman–Crippen MR) is 115 cm³/mol. The molecule has 1 aliphatic rings. The second kappa shape index (κ2) is 7.61. The van der Waals surface area contributed by atoms with Crippen LogP contribution in [-0.2, 0) is 16.4 Å². The summed E-state index contributed by atoms with van der Waals surface area (Å²) < 4.78 is 27.4. The molecule has 0 saturated carbocycles. The van der Waals surface area contributed by atoms with E-state index in [-0.39, 0.29) is 10.7 Å². The van der Waals surface area contributed by atoms with Crippen LogP contribution >= 0.6 is 0 Å². The van der Waals surface area contributed by atoms with Crippen molar-refractivity contribution < 1.29 is 13.2 Å². The molecule has 6 heteroatoms. The van der Waals surface area contributed by atoms with Crippen LogP contribution in [0.5, 0.6) is 0 Å². The third-order valence-electron chi connectivity index (χ3n) is 5.60. The zero-order valence-electron chi connectivity index (χ0n) is 16.6. The minimum Gasteiger partial charge on any atom is -0.360 e. The van der Waals surface area contributed by atoms with E-state index in [2.05, 4.69) is 30.1 Å². The maximum absolute atomic E-state index is 13.0. The Morgan fingerprint density at radius 1 is 1.14 bits per heavy atom. The van der Waals surface area contributed by atoms with E-state index < -0.39 is 10.0 Å². The maximum atomic E-state index is 13.0. The molecule has 2 aromatic carbocycles. The topological polar surface area (TPSA) is 70.2 Å². The summed E-state index contributed by atoms with van der Waals surface area (Å²) in [6.45, 7) is 4.38. The van der Waals surface area contributed by atoms with Gasteiger partial charge in [-0.1, -0.05) is 43.3 Å². The number of nitrogens with zero attached hydrogens (tertiary/aromatic N) is 1. The number of carbonyl (C=O) groups is 1. The highest BCUT2D eigenvalue weighted by Crippen LogP contribution is 2.32. The fourth-order valence-corrected chi connectivity index (χ4v) is 5.28. The van der Waals surface area contributed by atoms with Crippen molar-refractivity contribution in [1.29, 1.82) is 0 Å². The van der Waals surface area contributed by atoms with Crippen LogP contribution in [0.2, 0.25) is 0 Å². The van der Waals surface area contributed by atoms with E-state index in [4.69, 9.17) is 0 Å². The van der Waals surface area contributed by atoms with Crippen LogP contribution in [0.3, 0.4) is 0 Å². The summed E-state index contributed by atoms with van der Waals surface area (Å²) in [5.41, 5.74) is 5.27. The average Bonchev–Trinajstić information content (AvgIpc) is 3.18. The molecule has 3 aromatic rings. The van der Waals surface area contributed by atoms with E-state index in [0.29, 0.717) is 25.1 Å². The highest BCUT2D eigenvalue weighted by molar-refractivity contribution is 7.89. The second-order valence-corrected chi connectivity index (χ2v) is 9.26. The molecule has 0 saturated heterocycles. The highest BCUT2D eigenvalue weighted by atomic mass is 32.2. The van der Waals surface area contributed by atoms with Crippen LogP contribution in [0.25, 0.3) is 16.5 Å². The largest absolute Gasteiger partial charge is 0.360 e. The Kier molecular flexibility index (Phi) is 5.15. The number of fused-ring (bicyclic) bond motifs is 1. The van der Waals surface area contributed by atoms with Crippen LogP contribution in [-0.4, -0.2) is 36.6 Å². The molecule has 0 unspecified atom stereocenters. The van der Waals surface area contributed by atoms with Crippen molar-refractivity contribution in [2.24, 2.45) is 0 Å². The molecule has 1 aromatic heterocycles. The number of sulfonamides is 1. The van der Waals surface area contributed by atoms with Crippen LogP contribution in [0.1, 0.15) is 41.8 Å². The number of Topliss-reactive ketones (excluding diaryl/α,β-unsaturated/α-hetero) is 1. The lowest BCUT2D eigenvalue weighted by molar-refractivity contribution is 0.101. The molecule has 1 N–H and O–H groups in total. The number of ketones is 1. The molecule has 1 aliphatic heterocycles. The third-order valence-corrected chi connectivity index (χ3v) is 7.48. The van der Waals surface area contributed by atoms with Crippen molar-refractivity contribution >= 4 is 32.3 Å². The zero-order chi connectivity index (χ0) is 20.6. The fraction of sp³-hybridized carbons (Fsp3) is 0.261. The molecule has 2 heterocycles. The number of nitrogens with one attached hydrogen (secondary N) is 1. The molecule has 0 aliphatic carbocycles. The van der Waals surface area contributed by atoms with E-state index in [9.17, 15) is 13.2 Å². The van der Waals surface area contributed by atoms with Crippen molar-refractivity contribution in [2.75, 3.05) is 13.1 Å². The summed E-state index contributed by atoms with van der Waals surface area (Å²) in [5.74, 6) is -0.0792. The number of benzene rings is 2. The monoisotopic (exact) mass is 408 g/mol. The maximum Gasteiger partial charge on any atom is 0.243 e. The molecule has 4 rings (SSSR count). The van der Waals surface area contributed by atoms with Gasteiger partial charge in [-0.25, -0.2) is 8.42 Å². The molecule has 29 heavy (non-hydrogen) atoms. The van der Waals surface area contributed by atoms with Gasteiger partial charge in [-0.05, 0) is 43.0 Å². The number of carbonyl (C=O) groups excluding carboxylic acids is 1. The quantitative estimate of drug-likeness (QED) is 0.636. The van der Waals surface area contributed by atoms with Gasteiger partial charge in [-0.2, -0.15) is 4.31 Å². The first-order valence-electron chi connectivity index (χ1n) is 9.81. The summed E-state index contributed by atoms with van der Waals surface area (Å²) in [5, 5.41) is 1.19. The summed E-state index contributed by atoms with van der Waals surface area (Å²) in [7, 11) is -3.58. The molecule has 150 valence electrons. The minimum absolute atomic E-state index is 0.0792. The zero-order valence-corrected chi connectivity index (χ0v) is 17.4. The molecule has 0 spiro atoms. The highest BCUT2D eigenvalue weighted by Gasteiger charge is 2.27. The van der Waals surface area contributed by atoms with Gasteiger partial charge in [0.15, 0.2) is 5.78 Å². The second-order valence-electron chi connectivity index (χ2n) is 7.32. The summed E-state index contributed by atoms with van der Waals surface area (Å²) in [4.78, 5) is 15.0. The number of hydrogen-bond acceptors (Lipinski definition) is 3. The Hall–Kier alpha value is -2.70. The van der Waals surface area contributed by atoms with E-state index in [1.54, 1.807) is 12.1 Å². The first kappa shape index (κ1) is 19.6. The van der Waals surface area contributed by atoms with Gasteiger partial charge < -0.3 is 4.98 Å². The van der Waals surface area contributed by atoms with Crippen molar-refractivity contribution in [3.05, 3.63) is 71.4 Å². The predicted octanol–water partition coefficient (Wildman–Crippen LogP) is 4.41. The molecular weight excluding hydrogens is 384 g/mol. The van der Waals surface area contributed by atoms with Gasteiger partial charge in [0.25, 0.3) is 0 Å². The van der Waals surface area contributed by atoms with Gasteiger partial charge in [0.2, 0.25) is 10.0 Å². The normalized spacial score (nSPS) is 15.4. The van der Waals surface area contributed by atoms with Crippen LogP contribution in [0.4, 0.5) is 0 Å². The molecule has 5 nitrogen and oxygen atoms in total. The van der Waals surface area contributed by atoms with E-state index in [1.807, 2.05) is 12.3 Å². The fourth-order valence-electron chi connectivity index (χ4n) is 3.90. The van der Waals surface area contributed by atoms with Crippen LogP contribution in [0, 0.1) is 0 Å². The lowest BCUT2D eigenvalue weighted by Gasteiger charge is -2.26. The van der Waals surface area contributed by atoms with Crippen molar-refractivity contribution in [2.45, 2.75) is 31.6 Å². The van der Waals surface area contributed by atoms with Gasteiger partial charge >= 0.3 is 0 Å². The number of aromatic nitrogens is 1. The van der Waals surface area contributed by atoms with Crippen molar-refractivity contribution in [1.82, 2.24) is 9.29 Å². The van der Waals surface area contributed by atoms with E-state index >= 15 is 0 Å². The Bertz CT molecular complexity index is 1200. The van der Waals surface area contributed by atoms with E-state index in [0.717, 1.165) is 17.5 Å². The summed E-state index contributed by atoms with van der Waals surface area (Å²) in [6, 6.07) is 12.5. The van der Waals surface area contributed by atoms with Gasteiger partial charge in [-0.15, -0.1) is 0 Å².